The van der Waals surface area contributed by atoms with E-state index in [0.717, 1.165) is 25.7 Å². The van der Waals surface area contributed by atoms with Crippen LogP contribution in [-0.4, -0.2) is 22.2 Å². The van der Waals surface area contributed by atoms with Crippen molar-refractivity contribution in [3.8, 4) is 0 Å². The zero-order valence-corrected chi connectivity index (χ0v) is 10.7. The fraction of sp³-hybridized carbons (Fsp3) is 0.692. The third-order valence-electron chi connectivity index (χ3n) is 3.78. The number of methoxy groups -OCH3 is 1. The normalized spacial score (nSPS) is 19.4. The van der Waals surface area contributed by atoms with Gasteiger partial charge in [0.15, 0.2) is 0 Å². The highest BCUT2D eigenvalue weighted by atomic mass is 16.5. The topological polar surface area (TPSA) is 75.2 Å². The quantitative estimate of drug-likeness (QED) is 0.799. The van der Waals surface area contributed by atoms with Crippen LogP contribution >= 0.6 is 0 Å². The molecule has 0 atom stereocenters. The highest BCUT2D eigenvalue weighted by Crippen LogP contribution is 2.36. The first-order valence-corrected chi connectivity index (χ1v) is 6.46. The van der Waals surface area contributed by atoms with E-state index in [2.05, 4.69) is 9.97 Å². The Labute approximate surface area is 106 Å². The Kier molecular flexibility index (Phi) is 4.14. The number of hydrogen-bond acceptors (Lipinski definition) is 4. The number of aromatic nitrogens is 2. The maximum absolute atomic E-state index is 11.7. The van der Waals surface area contributed by atoms with Crippen LogP contribution in [0.4, 0.5) is 0 Å². The Morgan fingerprint density at radius 1 is 1.39 bits per heavy atom. The Bertz CT molecular complexity index is 448. The second kappa shape index (κ2) is 5.63. The lowest BCUT2D eigenvalue weighted by Crippen LogP contribution is -2.33. The maximum Gasteiger partial charge on any atom is 0.256 e. The molecule has 1 saturated carbocycles. The predicted molar refractivity (Wildman–Crippen MR) is 67.2 cm³/mol. The second-order valence-corrected chi connectivity index (χ2v) is 4.86. The summed E-state index contributed by atoms with van der Waals surface area (Å²) in [6.45, 7) is -0.289. The van der Waals surface area contributed by atoms with Crippen molar-refractivity contribution >= 4 is 0 Å². The third kappa shape index (κ3) is 2.47. The lowest BCUT2D eigenvalue weighted by molar-refractivity contribution is -0.0354. The first-order chi connectivity index (χ1) is 8.72. The number of hydrogen-bond donors (Lipinski definition) is 2. The fourth-order valence-electron chi connectivity index (χ4n) is 2.60. The lowest BCUT2D eigenvalue weighted by atomic mass is 9.93. The average molecular weight is 252 g/mol. The summed E-state index contributed by atoms with van der Waals surface area (Å²) in [5, 5.41) is 8.99. The first-order valence-electron chi connectivity index (χ1n) is 6.46. The molecule has 0 aromatic carbocycles. The van der Waals surface area contributed by atoms with Crippen LogP contribution in [0.3, 0.4) is 0 Å². The molecule has 0 aliphatic heterocycles. The van der Waals surface area contributed by atoms with Crippen LogP contribution in [0.1, 0.15) is 49.9 Å². The summed E-state index contributed by atoms with van der Waals surface area (Å²) in [6.07, 6.45) is 7.77. The van der Waals surface area contributed by atoms with Gasteiger partial charge in [-0.1, -0.05) is 25.7 Å². The van der Waals surface area contributed by atoms with Gasteiger partial charge in [-0.2, -0.15) is 0 Å². The van der Waals surface area contributed by atoms with Gasteiger partial charge in [0.05, 0.1) is 12.2 Å². The highest BCUT2D eigenvalue weighted by molar-refractivity contribution is 5.10. The number of rotatable bonds is 3. The molecule has 0 spiro atoms. The van der Waals surface area contributed by atoms with Gasteiger partial charge in [0.1, 0.15) is 11.4 Å². The van der Waals surface area contributed by atoms with E-state index in [4.69, 9.17) is 9.84 Å². The first kappa shape index (κ1) is 13.2. The van der Waals surface area contributed by atoms with Gasteiger partial charge in [0, 0.05) is 13.3 Å². The molecule has 5 nitrogen and oxygen atoms in total. The molecule has 18 heavy (non-hydrogen) atoms. The largest absolute Gasteiger partial charge is 0.391 e. The van der Waals surface area contributed by atoms with E-state index in [9.17, 15) is 4.79 Å². The van der Waals surface area contributed by atoms with Crippen molar-refractivity contribution in [2.75, 3.05) is 7.11 Å². The summed E-state index contributed by atoms with van der Waals surface area (Å²) in [4.78, 5) is 18.8. The fourth-order valence-corrected chi connectivity index (χ4v) is 2.60. The summed E-state index contributed by atoms with van der Waals surface area (Å²) in [6, 6.07) is 0. The van der Waals surface area contributed by atoms with Crippen molar-refractivity contribution in [2.24, 2.45) is 0 Å². The second-order valence-electron chi connectivity index (χ2n) is 4.86. The zero-order valence-electron chi connectivity index (χ0n) is 10.7. The van der Waals surface area contributed by atoms with Gasteiger partial charge >= 0.3 is 0 Å². The molecule has 0 radical (unpaired) electrons. The molecule has 5 heteroatoms. The summed E-state index contributed by atoms with van der Waals surface area (Å²) < 4.78 is 5.68. The van der Waals surface area contributed by atoms with Crippen LogP contribution in [-0.2, 0) is 16.9 Å². The standard InChI is InChI=1S/C13H20N2O3/c1-18-13(6-4-2-3-5-7-13)12-14-8-10(9-16)11(17)15-12/h8,16H,2-7,9H2,1H3,(H,14,15,17). The molecule has 1 aliphatic carbocycles. The third-order valence-corrected chi connectivity index (χ3v) is 3.78. The predicted octanol–water partition coefficient (Wildman–Crippen LogP) is 1.46. The maximum atomic E-state index is 11.7. The van der Waals surface area contributed by atoms with E-state index < -0.39 is 5.60 Å². The van der Waals surface area contributed by atoms with E-state index in [1.807, 2.05) is 0 Å². The van der Waals surface area contributed by atoms with Gasteiger partial charge in [-0.3, -0.25) is 4.79 Å². The molecule has 2 N–H and O–H groups in total. The molecule has 1 heterocycles. The zero-order chi connectivity index (χ0) is 13.0. The number of H-pyrrole nitrogens is 1. The SMILES string of the molecule is COC1(c2ncc(CO)c(=O)[nH]2)CCCCCC1. The van der Waals surface area contributed by atoms with Crippen molar-refractivity contribution in [3.05, 3.63) is 27.9 Å². The van der Waals surface area contributed by atoms with E-state index >= 15 is 0 Å². The van der Waals surface area contributed by atoms with Crippen molar-refractivity contribution in [3.63, 3.8) is 0 Å². The van der Waals surface area contributed by atoms with Gasteiger partial charge in [0.25, 0.3) is 5.56 Å². The van der Waals surface area contributed by atoms with E-state index in [1.165, 1.54) is 19.0 Å². The number of aliphatic hydroxyl groups is 1. The average Bonchev–Trinajstić information content (AvgIpc) is 2.65. The number of nitrogens with zero attached hydrogens (tertiary/aromatic N) is 1. The molecule has 0 amide bonds. The Morgan fingerprint density at radius 2 is 2.06 bits per heavy atom. The van der Waals surface area contributed by atoms with Crippen molar-refractivity contribution < 1.29 is 9.84 Å². The molecule has 0 saturated heterocycles. The van der Waals surface area contributed by atoms with E-state index in [-0.39, 0.29) is 12.2 Å². The summed E-state index contributed by atoms with van der Waals surface area (Å²) >= 11 is 0. The summed E-state index contributed by atoms with van der Waals surface area (Å²) in [7, 11) is 1.67. The molecule has 0 unspecified atom stereocenters. The molecule has 0 bridgehead atoms. The number of aromatic amines is 1. The highest BCUT2D eigenvalue weighted by Gasteiger charge is 2.35. The molecule has 2 rings (SSSR count). The lowest BCUT2D eigenvalue weighted by Gasteiger charge is -2.30. The minimum Gasteiger partial charge on any atom is -0.391 e. The molecule has 1 aliphatic rings. The van der Waals surface area contributed by atoms with Gasteiger partial charge < -0.3 is 14.8 Å². The molecular weight excluding hydrogens is 232 g/mol. The smallest absolute Gasteiger partial charge is 0.256 e. The Hall–Kier alpha value is -1.20. The molecule has 1 aromatic rings. The Morgan fingerprint density at radius 3 is 2.56 bits per heavy atom. The molecule has 1 aromatic heterocycles. The monoisotopic (exact) mass is 252 g/mol. The van der Waals surface area contributed by atoms with E-state index in [1.54, 1.807) is 7.11 Å². The molecule has 1 fully saturated rings. The minimum atomic E-state index is -0.469. The van der Waals surface area contributed by atoms with Crippen LogP contribution in [0.15, 0.2) is 11.0 Å². The van der Waals surface area contributed by atoms with Gasteiger partial charge in [-0.05, 0) is 12.8 Å². The summed E-state index contributed by atoms with van der Waals surface area (Å²) in [5.41, 5.74) is -0.453. The number of aliphatic hydroxyl groups excluding tert-OH is 1. The van der Waals surface area contributed by atoms with Crippen molar-refractivity contribution in [1.82, 2.24) is 9.97 Å². The van der Waals surface area contributed by atoms with Crippen molar-refractivity contribution in [1.29, 1.82) is 0 Å². The molecular formula is C13H20N2O3. The van der Waals surface area contributed by atoms with E-state index in [0.29, 0.717) is 11.4 Å². The minimum absolute atomic E-state index is 0.275. The van der Waals surface area contributed by atoms with Crippen LogP contribution in [0.5, 0.6) is 0 Å². The summed E-state index contributed by atoms with van der Waals surface area (Å²) in [5.74, 6) is 0.592. The Balaban J connectivity index is 2.37. The molecule has 100 valence electrons. The van der Waals surface area contributed by atoms with Crippen LogP contribution < -0.4 is 5.56 Å². The van der Waals surface area contributed by atoms with Gasteiger partial charge in [-0.15, -0.1) is 0 Å². The van der Waals surface area contributed by atoms with Crippen LogP contribution in [0.2, 0.25) is 0 Å². The van der Waals surface area contributed by atoms with Gasteiger partial charge in [-0.25, -0.2) is 4.98 Å². The van der Waals surface area contributed by atoms with Crippen LogP contribution in [0, 0.1) is 0 Å². The van der Waals surface area contributed by atoms with Crippen molar-refractivity contribution in [2.45, 2.75) is 50.7 Å². The number of ether oxygens (including phenoxy) is 1. The van der Waals surface area contributed by atoms with Crippen LogP contribution in [0.25, 0.3) is 0 Å². The number of nitrogens with one attached hydrogen (secondary N) is 1. The van der Waals surface area contributed by atoms with Gasteiger partial charge in [0.2, 0.25) is 0 Å².